The van der Waals surface area contributed by atoms with Crippen molar-refractivity contribution in [3.8, 4) is 0 Å². The molecule has 0 saturated heterocycles. The van der Waals surface area contributed by atoms with Gasteiger partial charge in [-0.15, -0.1) is 0 Å². The number of nitrogens with zero attached hydrogens (tertiary/aromatic N) is 2. The van der Waals surface area contributed by atoms with Gasteiger partial charge in [-0.2, -0.15) is 4.98 Å². The van der Waals surface area contributed by atoms with Crippen LogP contribution in [0, 0.1) is 0 Å². The summed E-state index contributed by atoms with van der Waals surface area (Å²) in [6.45, 7) is 6.42. The lowest BCUT2D eigenvalue weighted by Gasteiger charge is -2.07. The maximum absolute atomic E-state index is 5.26. The van der Waals surface area contributed by atoms with Gasteiger partial charge in [-0.25, -0.2) is 0 Å². The molecular formula is C14H16BrN3O. The highest BCUT2D eigenvalue weighted by Gasteiger charge is 2.13. The zero-order valence-electron chi connectivity index (χ0n) is 10.8. The second-order valence-corrected chi connectivity index (χ2v) is 5.45. The van der Waals surface area contributed by atoms with Crippen molar-refractivity contribution in [3.05, 3.63) is 58.7 Å². The number of aromatic nitrogens is 2. The van der Waals surface area contributed by atoms with Gasteiger partial charge in [-0.05, 0) is 12.5 Å². The molecule has 0 aliphatic carbocycles. The van der Waals surface area contributed by atoms with Crippen molar-refractivity contribution in [1.82, 2.24) is 15.5 Å². The topological polar surface area (TPSA) is 51.0 Å². The molecule has 1 aromatic carbocycles. The third kappa shape index (κ3) is 4.29. The predicted molar refractivity (Wildman–Crippen MR) is 78.0 cm³/mol. The predicted octanol–water partition coefficient (Wildman–Crippen LogP) is 3.22. The molecule has 0 spiro atoms. The lowest BCUT2D eigenvalue weighted by atomic mass is 10.1. The Kier molecular flexibility index (Phi) is 4.87. The van der Waals surface area contributed by atoms with Crippen molar-refractivity contribution in [3.63, 3.8) is 0 Å². The summed E-state index contributed by atoms with van der Waals surface area (Å²) < 4.78 is 6.15. The second kappa shape index (κ2) is 6.63. The molecule has 0 aliphatic heterocycles. The van der Waals surface area contributed by atoms with Gasteiger partial charge in [0.25, 0.3) is 0 Å². The summed E-state index contributed by atoms with van der Waals surface area (Å²) in [7, 11) is 0. The van der Waals surface area contributed by atoms with Crippen molar-refractivity contribution in [2.45, 2.75) is 19.4 Å². The number of rotatable bonds is 6. The van der Waals surface area contributed by atoms with Crippen molar-refractivity contribution in [2.24, 2.45) is 0 Å². The second-order valence-electron chi connectivity index (χ2n) is 4.33. The highest BCUT2D eigenvalue weighted by Crippen LogP contribution is 2.13. The van der Waals surface area contributed by atoms with Gasteiger partial charge in [0.05, 0.1) is 6.04 Å². The normalized spacial score (nSPS) is 12.3. The summed E-state index contributed by atoms with van der Waals surface area (Å²) in [6.07, 6.45) is 0.683. The Labute approximate surface area is 121 Å². The maximum Gasteiger partial charge on any atom is 0.243 e. The first kappa shape index (κ1) is 14.0. The monoisotopic (exact) mass is 321 g/mol. The van der Waals surface area contributed by atoms with Gasteiger partial charge in [-0.1, -0.05) is 58.0 Å². The van der Waals surface area contributed by atoms with Gasteiger partial charge >= 0.3 is 0 Å². The number of nitrogens with one attached hydrogen (secondary N) is 1. The fourth-order valence-electron chi connectivity index (χ4n) is 1.64. The van der Waals surface area contributed by atoms with Crippen LogP contribution < -0.4 is 5.32 Å². The Morgan fingerprint density at radius 3 is 2.84 bits per heavy atom. The molecule has 5 heteroatoms. The summed E-state index contributed by atoms with van der Waals surface area (Å²) in [4.78, 5) is 4.40. The van der Waals surface area contributed by atoms with E-state index in [-0.39, 0.29) is 6.04 Å². The Balaban J connectivity index is 1.97. The molecular weight excluding hydrogens is 306 g/mol. The molecule has 0 radical (unpaired) electrons. The summed E-state index contributed by atoms with van der Waals surface area (Å²) in [5, 5.41) is 7.23. The highest BCUT2D eigenvalue weighted by molar-refractivity contribution is 9.11. The van der Waals surface area contributed by atoms with Crippen LogP contribution in [0.2, 0.25) is 0 Å². The van der Waals surface area contributed by atoms with E-state index in [1.807, 2.05) is 37.3 Å². The molecule has 2 rings (SSSR count). The molecule has 2 aromatic rings. The molecule has 0 aliphatic rings. The average Bonchev–Trinajstić information content (AvgIpc) is 2.85. The molecule has 0 bridgehead atoms. The lowest BCUT2D eigenvalue weighted by Crippen LogP contribution is -2.20. The van der Waals surface area contributed by atoms with E-state index in [0.717, 1.165) is 4.48 Å². The smallest absolute Gasteiger partial charge is 0.243 e. The van der Waals surface area contributed by atoms with Gasteiger partial charge in [0, 0.05) is 17.4 Å². The molecule has 0 unspecified atom stereocenters. The summed E-state index contributed by atoms with van der Waals surface area (Å²) in [5.74, 6) is 1.30. The summed E-state index contributed by atoms with van der Waals surface area (Å²) in [6, 6.07) is 10.1. The van der Waals surface area contributed by atoms with Crippen LogP contribution in [0.15, 0.2) is 45.9 Å². The van der Waals surface area contributed by atoms with E-state index in [1.165, 1.54) is 5.56 Å². The molecule has 19 heavy (non-hydrogen) atoms. The zero-order chi connectivity index (χ0) is 13.7. The lowest BCUT2D eigenvalue weighted by molar-refractivity contribution is 0.340. The summed E-state index contributed by atoms with van der Waals surface area (Å²) >= 11 is 3.30. The SMILES string of the molecule is C=C(Br)CN[C@@H](C)c1nc(Cc2ccccc2)no1. The van der Waals surface area contributed by atoms with Crippen LogP contribution in [-0.2, 0) is 6.42 Å². The molecule has 1 N–H and O–H groups in total. The third-order valence-corrected chi connectivity index (χ3v) is 2.94. The van der Waals surface area contributed by atoms with Crippen molar-refractivity contribution in [1.29, 1.82) is 0 Å². The quantitative estimate of drug-likeness (QED) is 0.887. The van der Waals surface area contributed by atoms with Crippen LogP contribution in [-0.4, -0.2) is 16.7 Å². The minimum atomic E-state index is 0.00585. The van der Waals surface area contributed by atoms with E-state index >= 15 is 0 Å². The number of benzene rings is 1. The molecule has 1 atom stereocenters. The van der Waals surface area contributed by atoms with Crippen LogP contribution in [0.4, 0.5) is 0 Å². The van der Waals surface area contributed by atoms with Crippen molar-refractivity contribution >= 4 is 15.9 Å². The first-order chi connectivity index (χ1) is 9.15. The van der Waals surface area contributed by atoms with Crippen LogP contribution in [0.5, 0.6) is 0 Å². The molecule has 1 heterocycles. The van der Waals surface area contributed by atoms with Gasteiger partial charge in [-0.3, -0.25) is 0 Å². The molecule has 0 amide bonds. The first-order valence-corrected chi connectivity index (χ1v) is 6.87. The molecule has 0 saturated carbocycles. The molecule has 100 valence electrons. The van der Waals surface area contributed by atoms with Gasteiger partial charge < -0.3 is 9.84 Å². The minimum absolute atomic E-state index is 0.00585. The van der Waals surface area contributed by atoms with Crippen LogP contribution in [0.1, 0.15) is 30.2 Å². The Bertz CT molecular complexity index is 539. The fourth-order valence-corrected chi connectivity index (χ4v) is 1.81. The largest absolute Gasteiger partial charge is 0.338 e. The molecule has 0 fully saturated rings. The highest BCUT2D eigenvalue weighted by atomic mass is 79.9. The zero-order valence-corrected chi connectivity index (χ0v) is 12.4. The van der Waals surface area contributed by atoms with Crippen LogP contribution in [0.25, 0.3) is 0 Å². The number of hydrogen-bond donors (Lipinski definition) is 1. The van der Waals surface area contributed by atoms with E-state index in [1.54, 1.807) is 0 Å². The molecule has 4 nitrogen and oxygen atoms in total. The van der Waals surface area contributed by atoms with E-state index in [9.17, 15) is 0 Å². The molecule has 1 aromatic heterocycles. The number of hydrogen-bond acceptors (Lipinski definition) is 4. The number of halogens is 1. The van der Waals surface area contributed by atoms with E-state index < -0.39 is 0 Å². The van der Waals surface area contributed by atoms with Crippen molar-refractivity contribution < 1.29 is 4.52 Å². The summed E-state index contributed by atoms with van der Waals surface area (Å²) in [5.41, 5.74) is 1.17. The maximum atomic E-state index is 5.26. The standard InChI is InChI=1S/C14H16BrN3O/c1-10(15)9-16-11(2)14-17-13(18-19-14)8-12-6-4-3-5-7-12/h3-7,11,16H,1,8-9H2,2H3/t11-/m0/s1. The Hall–Kier alpha value is -1.46. The fraction of sp³-hybridized carbons (Fsp3) is 0.286. The van der Waals surface area contributed by atoms with E-state index in [0.29, 0.717) is 24.7 Å². The van der Waals surface area contributed by atoms with Crippen LogP contribution >= 0.6 is 15.9 Å². The third-order valence-electron chi connectivity index (χ3n) is 2.66. The van der Waals surface area contributed by atoms with E-state index in [4.69, 9.17) is 4.52 Å². The van der Waals surface area contributed by atoms with Crippen molar-refractivity contribution in [2.75, 3.05) is 6.54 Å². The van der Waals surface area contributed by atoms with Crippen LogP contribution in [0.3, 0.4) is 0 Å². The van der Waals surface area contributed by atoms with Gasteiger partial charge in [0.2, 0.25) is 5.89 Å². The van der Waals surface area contributed by atoms with Gasteiger partial charge in [0.1, 0.15) is 0 Å². The average molecular weight is 322 g/mol. The Morgan fingerprint density at radius 1 is 1.42 bits per heavy atom. The van der Waals surface area contributed by atoms with Gasteiger partial charge in [0.15, 0.2) is 5.82 Å². The Morgan fingerprint density at radius 2 is 2.16 bits per heavy atom. The van der Waals surface area contributed by atoms with E-state index in [2.05, 4.69) is 38.0 Å². The minimum Gasteiger partial charge on any atom is -0.338 e. The first-order valence-electron chi connectivity index (χ1n) is 6.08.